The number of rotatable bonds is 4. The van der Waals surface area contributed by atoms with Gasteiger partial charge in [-0.1, -0.05) is 41.9 Å². The summed E-state index contributed by atoms with van der Waals surface area (Å²) in [5, 5.41) is 11.8. The Morgan fingerprint density at radius 1 is 1.00 bits per heavy atom. The Kier molecular flexibility index (Phi) is 5.41. The predicted molar refractivity (Wildman–Crippen MR) is 121 cm³/mol. The molecular weight excluding hydrogens is 467 g/mol. The summed E-state index contributed by atoms with van der Waals surface area (Å²) in [6.07, 6.45) is -3.59. The minimum atomic E-state index is -4.51. The highest BCUT2D eigenvalue weighted by Crippen LogP contribution is 2.29. The quantitative estimate of drug-likeness (QED) is 0.365. The average molecular weight is 482 g/mol. The van der Waals surface area contributed by atoms with Gasteiger partial charge in [-0.2, -0.15) is 13.2 Å². The molecule has 0 saturated heterocycles. The Morgan fingerprint density at radius 2 is 1.76 bits per heavy atom. The molecule has 1 amide bonds. The molecule has 0 radical (unpaired) electrons. The number of hydrogen-bond donors (Lipinski definition) is 1. The van der Waals surface area contributed by atoms with Gasteiger partial charge in [-0.25, -0.2) is 4.98 Å². The maximum Gasteiger partial charge on any atom is 0.417 e. The number of nitrogens with one attached hydrogen (secondary N) is 1. The number of pyridine rings is 2. The standard InChI is InChI=1S/C24H15ClF3N5O/c25-16-8-5-14(6-9-16)20-11-18(17-3-1-2-4-19(17)30-20)23(34)29-12-22-32-31-21-10-7-15(13-33(21)22)24(26,27)28/h1-11,13H,12H2,(H,29,34). The van der Waals surface area contributed by atoms with Crippen molar-refractivity contribution in [2.75, 3.05) is 0 Å². The molecule has 0 aliphatic carbocycles. The minimum absolute atomic E-state index is 0.117. The fourth-order valence-corrected chi connectivity index (χ4v) is 3.74. The number of halogens is 4. The van der Waals surface area contributed by atoms with Gasteiger partial charge in [0.1, 0.15) is 0 Å². The second-order valence-electron chi connectivity index (χ2n) is 7.52. The molecule has 3 aromatic heterocycles. The van der Waals surface area contributed by atoms with E-state index in [-0.39, 0.29) is 18.0 Å². The first-order valence-corrected chi connectivity index (χ1v) is 10.5. The topological polar surface area (TPSA) is 72.2 Å². The third kappa shape index (κ3) is 4.17. The third-order valence-electron chi connectivity index (χ3n) is 5.31. The summed E-state index contributed by atoms with van der Waals surface area (Å²) in [5.41, 5.74) is 1.79. The molecule has 6 nitrogen and oxygen atoms in total. The van der Waals surface area contributed by atoms with Crippen molar-refractivity contribution in [3.8, 4) is 11.3 Å². The van der Waals surface area contributed by atoms with Gasteiger partial charge in [0.15, 0.2) is 11.5 Å². The van der Waals surface area contributed by atoms with Crippen LogP contribution in [-0.2, 0) is 12.7 Å². The Balaban J connectivity index is 1.48. The van der Waals surface area contributed by atoms with E-state index in [2.05, 4.69) is 20.5 Å². The molecule has 0 atom stereocenters. The Labute approximate surface area is 196 Å². The number of para-hydroxylation sites is 1. The fraction of sp³-hybridized carbons (Fsp3) is 0.0833. The van der Waals surface area contributed by atoms with Crippen LogP contribution in [0.25, 0.3) is 27.8 Å². The van der Waals surface area contributed by atoms with Crippen molar-refractivity contribution in [1.82, 2.24) is 24.9 Å². The number of alkyl halides is 3. The number of amides is 1. The number of nitrogens with zero attached hydrogens (tertiary/aromatic N) is 4. The molecule has 5 rings (SSSR count). The maximum absolute atomic E-state index is 13.2. The lowest BCUT2D eigenvalue weighted by Crippen LogP contribution is -2.24. The van der Waals surface area contributed by atoms with Crippen LogP contribution in [-0.4, -0.2) is 25.5 Å². The van der Waals surface area contributed by atoms with Gasteiger partial charge >= 0.3 is 6.18 Å². The zero-order chi connectivity index (χ0) is 23.9. The molecule has 0 fully saturated rings. The van der Waals surface area contributed by atoms with Crippen LogP contribution in [0.5, 0.6) is 0 Å². The highest BCUT2D eigenvalue weighted by atomic mass is 35.5. The van der Waals surface area contributed by atoms with Gasteiger partial charge in [0, 0.05) is 22.2 Å². The molecule has 10 heteroatoms. The van der Waals surface area contributed by atoms with Gasteiger partial charge in [-0.05, 0) is 36.4 Å². The lowest BCUT2D eigenvalue weighted by Gasteiger charge is -2.11. The minimum Gasteiger partial charge on any atom is -0.345 e. The second kappa shape index (κ2) is 8.42. The number of carbonyl (C=O) groups excluding carboxylic acids is 1. The Bertz CT molecular complexity index is 1530. The number of carbonyl (C=O) groups is 1. The summed E-state index contributed by atoms with van der Waals surface area (Å²) in [5.74, 6) is -0.247. The zero-order valence-electron chi connectivity index (χ0n) is 17.3. The second-order valence-corrected chi connectivity index (χ2v) is 7.96. The molecule has 34 heavy (non-hydrogen) atoms. The molecule has 170 valence electrons. The Morgan fingerprint density at radius 3 is 2.53 bits per heavy atom. The van der Waals surface area contributed by atoms with Gasteiger partial charge < -0.3 is 5.32 Å². The van der Waals surface area contributed by atoms with E-state index in [4.69, 9.17) is 11.6 Å². The summed E-state index contributed by atoms with van der Waals surface area (Å²) >= 11 is 5.98. The van der Waals surface area contributed by atoms with E-state index in [0.717, 1.165) is 17.8 Å². The van der Waals surface area contributed by atoms with Crippen molar-refractivity contribution in [3.05, 3.63) is 94.9 Å². The van der Waals surface area contributed by atoms with E-state index in [1.165, 1.54) is 10.5 Å². The largest absolute Gasteiger partial charge is 0.417 e. The summed E-state index contributed by atoms with van der Waals surface area (Å²) in [6.45, 7) is -0.117. The number of fused-ring (bicyclic) bond motifs is 2. The van der Waals surface area contributed by atoms with Crippen molar-refractivity contribution < 1.29 is 18.0 Å². The molecule has 1 N–H and O–H groups in total. The fourth-order valence-electron chi connectivity index (χ4n) is 3.61. The highest BCUT2D eigenvalue weighted by molar-refractivity contribution is 6.30. The van der Waals surface area contributed by atoms with Crippen LogP contribution in [0.1, 0.15) is 21.7 Å². The van der Waals surface area contributed by atoms with Crippen molar-refractivity contribution in [3.63, 3.8) is 0 Å². The van der Waals surface area contributed by atoms with E-state index in [9.17, 15) is 18.0 Å². The summed E-state index contributed by atoms with van der Waals surface area (Å²) in [4.78, 5) is 17.8. The van der Waals surface area contributed by atoms with E-state index < -0.39 is 17.6 Å². The SMILES string of the molecule is O=C(NCc1nnc2ccc(C(F)(F)F)cn12)c1cc(-c2ccc(Cl)cc2)nc2ccccc12. The van der Waals surface area contributed by atoms with Crippen LogP contribution >= 0.6 is 11.6 Å². The predicted octanol–water partition coefficient (Wildman–Crippen LogP) is 5.55. The lowest BCUT2D eigenvalue weighted by atomic mass is 10.0. The van der Waals surface area contributed by atoms with Gasteiger partial charge in [0.05, 0.1) is 28.9 Å². The van der Waals surface area contributed by atoms with Crippen molar-refractivity contribution in [2.45, 2.75) is 12.7 Å². The molecule has 5 aromatic rings. The van der Waals surface area contributed by atoms with Crippen LogP contribution in [0.15, 0.2) is 72.9 Å². The number of aromatic nitrogens is 4. The Hall–Kier alpha value is -3.98. The molecule has 0 spiro atoms. The number of benzene rings is 2. The normalized spacial score (nSPS) is 11.8. The molecule has 0 aliphatic rings. The van der Waals surface area contributed by atoms with Crippen LogP contribution in [0, 0.1) is 0 Å². The number of hydrogen-bond acceptors (Lipinski definition) is 4. The van der Waals surface area contributed by atoms with Crippen molar-refractivity contribution in [1.29, 1.82) is 0 Å². The van der Waals surface area contributed by atoms with Gasteiger partial charge in [-0.15, -0.1) is 10.2 Å². The molecule has 3 heterocycles. The monoisotopic (exact) mass is 481 g/mol. The molecular formula is C24H15ClF3N5O. The molecule has 2 aromatic carbocycles. The summed E-state index contributed by atoms with van der Waals surface area (Å²) in [7, 11) is 0. The van der Waals surface area contributed by atoms with E-state index in [1.807, 2.05) is 18.2 Å². The van der Waals surface area contributed by atoms with Crippen LogP contribution in [0.4, 0.5) is 13.2 Å². The first kappa shape index (κ1) is 21.8. The van der Waals surface area contributed by atoms with E-state index in [1.54, 1.807) is 36.4 Å². The first-order valence-electron chi connectivity index (χ1n) is 10.1. The smallest absolute Gasteiger partial charge is 0.345 e. The van der Waals surface area contributed by atoms with Gasteiger partial charge in [0.25, 0.3) is 5.91 Å². The van der Waals surface area contributed by atoms with Gasteiger partial charge in [0.2, 0.25) is 0 Å². The molecule has 0 bridgehead atoms. The van der Waals surface area contributed by atoms with Gasteiger partial charge in [-0.3, -0.25) is 9.20 Å². The lowest BCUT2D eigenvalue weighted by molar-refractivity contribution is -0.137. The highest BCUT2D eigenvalue weighted by Gasteiger charge is 2.31. The van der Waals surface area contributed by atoms with E-state index in [0.29, 0.717) is 27.2 Å². The van der Waals surface area contributed by atoms with Crippen molar-refractivity contribution in [2.24, 2.45) is 0 Å². The van der Waals surface area contributed by atoms with Crippen molar-refractivity contribution >= 4 is 34.1 Å². The molecule has 0 saturated carbocycles. The van der Waals surface area contributed by atoms with Crippen LogP contribution < -0.4 is 5.32 Å². The summed E-state index contributed by atoms with van der Waals surface area (Å²) < 4.78 is 40.5. The van der Waals surface area contributed by atoms with E-state index >= 15 is 0 Å². The average Bonchev–Trinajstić information content (AvgIpc) is 3.24. The first-order chi connectivity index (χ1) is 16.3. The van der Waals surface area contributed by atoms with Crippen LogP contribution in [0.3, 0.4) is 0 Å². The summed E-state index contributed by atoms with van der Waals surface area (Å²) in [6, 6.07) is 18.1. The zero-order valence-corrected chi connectivity index (χ0v) is 18.1. The third-order valence-corrected chi connectivity index (χ3v) is 5.56. The molecule has 0 aliphatic heterocycles. The van der Waals surface area contributed by atoms with Crippen LogP contribution in [0.2, 0.25) is 5.02 Å². The molecule has 0 unspecified atom stereocenters. The maximum atomic E-state index is 13.2.